The van der Waals surface area contributed by atoms with Crippen LogP contribution in [0.3, 0.4) is 0 Å². The topological polar surface area (TPSA) is 66.8 Å². The molecule has 82 valence electrons. The van der Waals surface area contributed by atoms with Crippen molar-refractivity contribution in [2.24, 2.45) is 0 Å². The van der Waals surface area contributed by atoms with Crippen LogP contribution in [0.1, 0.15) is 20.3 Å². The fourth-order valence-corrected chi connectivity index (χ4v) is 0.912. The summed E-state index contributed by atoms with van der Waals surface area (Å²) in [4.78, 5) is 23.3. The van der Waals surface area contributed by atoms with E-state index >= 15 is 0 Å². The number of carbonyl (C=O) groups excluding carboxylic acids is 1. The standard InChI is InChI=1S/C9H17NO4/c1-9(2,14-4)8(13)10(3)6-5-7(11)12/h5-6H2,1-4H3,(H,11,12). The first-order valence-electron chi connectivity index (χ1n) is 4.33. The van der Waals surface area contributed by atoms with Crippen LogP contribution < -0.4 is 0 Å². The number of amides is 1. The quantitative estimate of drug-likeness (QED) is 0.700. The summed E-state index contributed by atoms with van der Waals surface area (Å²) in [5.41, 5.74) is -0.896. The third kappa shape index (κ3) is 3.74. The molecule has 0 saturated heterocycles. The minimum Gasteiger partial charge on any atom is -0.481 e. The van der Waals surface area contributed by atoms with E-state index in [0.717, 1.165) is 0 Å². The summed E-state index contributed by atoms with van der Waals surface area (Å²) in [6.45, 7) is 3.49. The number of hydrogen-bond donors (Lipinski definition) is 1. The lowest BCUT2D eigenvalue weighted by molar-refractivity contribution is -0.150. The molecule has 0 radical (unpaired) electrons. The molecule has 0 aliphatic carbocycles. The summed E-state index contributed by atoms with van der Waals surface area (Å²) in [6.07, 6.45) is -0.0535. The lowest BCUT2D eigenvalue weighted by Crippen LogP contribution is -2.45. The summed E-state index contributed by atoms with van der Waals surface area (Å²) in [6, 6.07) is 0. The van der Waals surface area contributed by atoms with Crippen LogP contribution in [-0.4, -0.2) is 48.2 Å². The Balaban J connectivity index is 4.19. The van der Waals surface area contributed by atoms with E-state index in [1.807, 2.05) is 0 Å². The van der Waals surface area contributed by atoms with Crippen molar-refractivity contribution in [2.45, 2.75) is 25.9 Å². The fraction of sp³-hybridized carbons (Fsp3) is 0.778. The average molecular weight is 203 g/mol. The molecule has 1 N–H and O–H groups in total. The highest BCUT2D eigenvalue weighted by molar-refractivity contribution is 5.84. The zero-order chi connectivity index (χ0) is 11.4. The van der Waals surface area contributed by atoms with Crippen molar-refractivity contribution in [3.8, 4) is 0 Å². The van der Waals surface area contributed by atoms with E-state index in [-0.39, 0.29) is 18.9 Å². The molecule has 0 atom stereocenters. The molecule has 14 heavy (non-hydrogen) atoms. The maximum Gasteiger partial charge on any atom is 0.305 e. The first-order chi connectivity index (χ1) is 6.31. The van der Waals surface area contributed by atoms with Gasteiger partial charge in [0.15, 0.2) is 0 Å². The minimum absolute atomic E-state index is 0.0535. The largest absolute Gasteiger partial charge is 0.481 e. The predicted molar refractivity (Wildman–Crippen MR) is 51.0 cm³/mol. The zero-order valence-electron chi connectivity index (χ0n) is 9.03. The fourth-order valence-electron chi connectivity index (χ4n) is 0.912. The van der Waals surface area contributed by atoms with Crippen molar-refractivity contribution in [1.82, 2.24) is 4.90 Å². The van der Waals surface area contributed by atoms with Gasteiger partial charge in [-0.15, -0.1) is 0 Å². The van der Waals surface area contributed by atoms with E-state index < -0.39 is 11.6 Å². The van der Waals surface area contributed by atoms with Crippen LogP contribution >= 0.6 is 0 Å². The number of ether oxygens (including phenoxy) is 1. The zero-order valence-corrected chi connectivity index (χ0v) is 9.03. The van der Waals surface area contributed by atoms with Gasteiger partial charge in [-0.1, -0.05) is 0 Å². The molecule has 0 aromatic heterocycles. The number of aliphatic carboxylic acids is 1. The molecule has 0 aromatic rings. The molecule has 0 spiro atoms. The van der Waals surface area contributed by atoms with Crippen LogP contribution in [0.25, 0.3) is 0 Å². The molecule has 0 saturated carbocycles. The second kappa shape index (κ2) is 4.95. The van der Waals surface area contributed by atoms with Crippen LogP contribution in [0.2, 0.25) is 0 Å². The number of hydrogen-bond acceptors (Lipinski definition) is 3. The molecular weight excluding hydrogens is 186 g/mol. The Bertz CT molecular complexity index is 225. The molecular formula is C9H17NO4. The van der Waals surface area contributed by atoms with Gasteiger partial charge in [-0.3, -0.25) is 9.59 Å². The van der Waals surface area contributed by atoms with Gasteiger partial charge in [-0.2, -0.15) is 0 Å². The van der Waals surface area contributed by atoms with E-state index in [9.17, 15) is 9.59 Å². The van der Waals surface area contributed by atoms with E-state index in [0.29, 0.717) is 0 Å². The van der Waals surface area contributed by atoms with Crippen molar-refractivity contribution in [3.63, 3.8) is 0 Å². The number of methoxy groups -OCH3 is 1. The molecule has 0 bridgehead atoms. The van der Waals surface area contributed by atoms with Crippen molar-refractivity contribution in [2.75, 3.05) is 20.7 Å². The number of carbonyl (C=O) groups is 2. The Kier molecular flexibility index (Phi) is 4.56. The molecule has 5 heteroatoms. The van der Waals surface area contributed by atoms with Crippen LogP contribution in [0, 0.1) is 0 Å². The van der Waals surface area contributed by atoms with Gasteiger partial charge in [0.1, 0.15) is 5.60 Å². The summed E-state index contributed by atoms with van der Waals surface area (Å²) < 4.78 is 4.99. The van der Waals surface area contributed by atoms with Crippen LogP contribution in [-0.2, 0) is 14.3 Å². The molecule has 1 amide bonds. The first-order valence-corrected chi connectivity index (χ1v) is 4.33. The Morgan fingerprint density at radius 3 is 2.29 bits per heavy atom. The highest BCUT2D eigenvalue weighted by atomic mass is 16.5. The van der Waals surface area contributed by atoms with Crippen LogP contribution in [0.15, 0.2) is 0 Å². The second-order valence-corrected chi connectivity index (χ2v) is 3.58. The SMILES string of the molecule is COC(C)(C)C(=O)N(C)CCC(=O)O. The molecule has 0 fully saturated rings. The maximum absolute atomic E-state index is 11.6. The normalized spacial score (nSPS) is 11.1. The monoisotopic (exact) mass is 203 g/mol. The molecule has 0 aliphatic rings. The van der Waals surface area contributed by atoms with Gasteiger partial charge in [-0.05, 0) is 13.8 Å². The molecule has 0 heterocycles. The number of likely N-dealkylation sites (N-methyl/N-ethyl adjacent to an activating group) is 1. The molecule has 0 aromatic carbocycles. The molecule has 0 rings (SSSR count). The third-order valence-corrected chi connectivity index (χ3v) is 2.03. The van der Waals surface area contributed by atoms with Gasteiger partial charge in [0.25, 0.3) is 5.91 Å². The van der Waals surface area contributed by atoms with Gasteiger partial charge in [0.05, 0.1) is 6.42 Å². The van der Waals surface area contributed by atoms with Crippen molar-refractivity contribution in [1.29, 1.82) is 0 Å². The number of carboxylic acid groups (broad SMARTS) is 1. The Hall–Kier alpha value is -1.10. The van der Waals surface area contributed by atoms with E-state index in [2.05, 4.69) is 0 Å². The van der Waals surface area contributed by atoms with Gasteiger partial charge in [0, 0.05) is 20.7 Å². The Morgan fingerprint density at radius 1 is 1.43 bits per heavy atom. The van der Waals surface area contributed by atoms with Crippen molar-refractivity contribution in [3.05, 3.63) is 0 Å². The predicted octanol–water partition coefficient (Wildman–Crippen LogP) is 0.344. The summed E-state index contributed by atoms with van der Waals surface area (Å²) in [7, 11) is 3.01. The first kappa shape index (κ1) is 12.9. The highest BCUT2D eigenvalue weighted by Gasteiger charge is 2.29. The van der Waals surface area contributed by atoms with Crippen LogP contribution in [0.4, 0.5) is 0 Å². The molecule has 5 nitrogen and oxygen atoms in total. The molecule has 0 unspecified atom stereocenters. The van der Waals surface area contributed by atoms with Gasteiger partial charge < -0.3 is 14.7 Å². The van der Waals surface area contributed by atoms with Gasteiger partial charge in [0.2, 0.25) is 0 Å². The van der Waals surface area contributed by atoms with E-state index in [1.165, 1.54) is 12.0 Å². The van der Waals surface area contributed by atoms with Crippen molar-refractivity contribution < 1.29 is 19.4 Å². The summed E-state index contributed by atoms with van der Waals surface area (Å²) >= 11 is 0. The number of rotatable bonds is 5. The third-order valence-electron chi connectivity index (χ3n) is 2.03. The Morgan fingerprint density at radius 2 is 1.93 bits per heavy atom. The van der Waals surface area contributed by atoms with Crippen molar-refractivity contribution >= 4 is 11.9 Å². The lowest BCUT2D eigenvalue weighted by atomic mass is 10.1. The smallest absolute Gasteiger partial charge is 0.305 e. The Labute approximate surface area is 83.6 Å². The maximum atomic E-state index is 11.6. The number of carboxylic acids is 1. The summed E-state index contributed by atoms with van der Waals surface area (Å²) in [5.74, 6) is -1.14. The van der Waals surface area contributed by atoms with E-state index in [1.54, 1.807) is 20.9 Å². The molecule has 0 aliphatic heterocycles. The van der Waals surface area contributed by atoms with Crippen LogP contribution in [0.5, 0.6) is 0 Å². The second-order valence-electron chi connectivity index (χ2n) is 3.58. The van der Waals surface area contributed by atoms with Gasteiger partial charge >= 0.3 is 5.97 Å². The minimum atomic E-state index is -0.917. The summed E-state index contributed by atoms with van der Waals surface area (Å²) in [5, 5.41) is 8.43. The highest BCUT2D eigenvalue weighted by Crippen LogP contribution is 2.11. The number of nitrogens with zero attached hydrogens (tertiary/aromatic N) is 1. The lowest BCUT2D eigenvalue weighted by Gasteiger charge is -2.27. The van der Waals surface area contributed by atoms with Gasteiger partial charge in [-0.25, -0.2) is 0 Å². The van der Waals surface area contributed by atoms with E-state index in [4.69, 9.17) is 9.84 Å². The average Bonchev–Trinajstić information content (AvgIpc) is 2.12.